The van der Waals surface area contributed by atoms with Crippen molar-refractivity contribution in [2.75, 3.05) is 0 Å². The van der Waals surface area contributed by atoms with Gasteiger partial charge < -0.3 is 11.1 Å². The summed E-state index contributed by atoms with van der Waals surface area (Å²) in [6.07, 6.45) is 0.101. The molecule has 0 unspecified atom stereocenters. The molecule has 4 nitrogen and oxygen atoms in total. The minimum Gasteiger partial charge on any atom is -0.370 e. The van der Waals surface area contributed by atoms with E-state index < -0.39 is 11.4 Å². The van der Waals surface area contributed by atoms with Crippen LogP contribution in [0, 0.1) is 3.57 Å². The number of carbonyl (C=O) groups is 2. The van der Waals surface area contributed by atoms with Crippen molar-refractivity contribution < 1.29 is 9.59 Å². The van der Waals surface area contributed by atoms with E-state index in [1.807, 2.05) is 12.1 Å². The molecule has 0 aliphatic heterocycles. The average Bonchev–Trinajstić information content (AvgIpc) is 2.18. The summed E-state index contributed by atoms with van der Waals surface area (Å²) in [4.78, 5) is 23.0. The van der Waals surface area contributed by atoms with Crippen LogP contribution in [0.5, 0.6) is 0 Å². The van der Waals surface area contributed by atoms with E-state index >= 15 is 0 Å². The maximum atomic E-state index is 12.1. The van der Waals surface area contributed by atoms with E-state index in [4.69, 9.17) is 5.73 Å². The van der Waals surface area contributed by atoms with Gasteiger partial charge in [0.2, 0.25) is 5.91 Å². The summed E-state index contributed by atoms with van der Waals surface area (Å²) in [6.45, 7) is 3.53. The molecule has 0 aliphatic carbocycles. The van der Waals surface area contributed by atoms with Crippen molar-refractivity contribution in [2.45, 2.75) is 25.8 Å². The number of primary amides is 1. The van der Waals surface area contributed by atoms with E-state index in [-0.39, 0.29) is 12.3 Å². The van der Waals surface area contributed by atoms with E-state index in [1.165, 1.54) is 0 Å². The van der Waals surface area contributed by atoms with E-state index in [0.29, 0.717) is 5.56 Å². The van der Waals surface area contributed by atoms with Crippen molar-refractivity contribution in [3.63, 3.8) is 0 Å². The van der Waals surface area contributed by atoms with Gasteiger partial charge in [-0.05, 0) is 54.6 Å². The van der Waals surface area contributed by atoms with Crippen LogP contribution in [0.25, 0.3) is 0 Å². The van der Waals surface area contributed by atoms with Crippen LogP contribution >= 0.6 is 38.5 Å². The zero-order chi connectivity index (χ0) is 13.9. The molecule has 0 aromatic heterocycles. The van der Waals surface area contributed by atoms with E-state index in [9.17, 15) is 9.59 Å². The van der Waals surface area contributed by atoms with Gasteiger partial charge in [0.25, 0.3) is 5.91 Å². The van der Waals surface area contributed by atoms with Gasteiger partial charge in [0.05, 0.1) is 5.56 Å². The fourth-order valence-corrected chi connectivity index (χ4v) is 2.47. The lowest BCUT2D eigenvalue weighted by molar-refractivity contribution is -0.119. The van der Waals surface area contributed by atoms with Crippen molar-refractivity contribution in [1.29, 1.82) is 0 Å². The van der Waals surface area contributed by atoms with Crippen LogP contribution in [0.1, 0.15) is 30.6 Å². The Morgan fingerprint density at radius 1 is 1.44 bits per heavy atom. The minimum atomic E-state index is -0.658. The first kappa shape index (κ1) is 15.4. The number of amides is 2. The molecule has 2 amide bonds. The zero-order valence-corrected chi connectivity index (χ0v) is 13.8. The number of rotatable bonds is 4. The number of halogens is 2. The zero-order valence-electron chi connectivity index (χ0n) is 10.1. The molecule has 18 heavy (non-hydrogen) atoms. The number of carbonyl (C=O) groups excluding carboxylic acids is 2. The molecule has 0 saturated carbocycles. The molecule has 0 radical (unpaired) electrons. The fraction of sp³-hybridized carbons (Fsp3) is 0.333. The molecular weight excluding hydrogens is 411 g/mol. The standard InChI is InChI=1S/C12H14BrIN2O2/c1-12(2,6-10(15)17)16-11(18)8-5-7(13)3-4-9(8)14/h3-5H,6H2,1-2H3,(H2,15,17)(H,16,18). The topological polar surface area (TPSA) is 72.2 Å². The number of nitrogens with two attached hydrogens (primary N) is 1. The lowest BCUT2D eigenvalue weighted by Crippen LogP contribution is -2.46. The number of nitrogens with one attached hydrogen (secondary N) is 1. The third-order valence-electron chi connectivity index (χ3n) is 2.24. The molecule has 0 aliphatic rings. The van der Waals surface area contributed by atoms with Crippen molar-refractivity contribution in [3.05, 3.63) is 31.8 Å². The van der Waals surface area contributed by atoms with E-state index in [2.05, 4.69) is 43.8 Å². The average molecular weight is 425 g/mol. The number of hydrogen-bond acceptors (Lipinski definition) is 2. The Morgan fingerprint density at radius 2 is 2.06 bits per heavy atom. The summed E-state index contributed by atoms with van der Waals surface area (Å²) in [5.74, 6) is -0.656. The van der Waals surface area contributed by atoms with Crippen molar-refractivity contribution in [3.8, 4) is 0 Å². The Bertz CT molecular complexity index is 489. The van der Waals surface area contributed by atoms with Gasteiger partial charge in [0.15, 0.2) is 0 Å². The molecule has 0 bridgehead atoms. The molecule has 1 rings (SSSR count). The Kier molecular flexibility index (Phi) is 5.15. The molecular formula is C12H14BrIN2O2. The van der Waals surface area contributed by atoms with Crippen LogP contribution in [0.15, 0.2) is 22.7 Å². The second-order valence-electron chi connectivity index (χ2n) is 4.61. The fourth-order valence-electron chi connectivity index (χ4n) is 1.53. The quantitative estimate of drug-likeness (QED) is 0.728. The third kappa shape index (κ3) is 4.56. The van der Waals surface area contributed by atoms with Crippen LogP contribution in [-0.2, 0) is 4.79 Å². The molecule has 0 saturated heterocycles. The molecule has 0 atom stereocenters. The van der Waals surface area contributed by atoms with Gasteiger partial charge in [-0.15, -0.1) is 0 Å². The second-order valence-corrected chi connectivity index (χ2v) is 6.68. The maximum absolute atomic E-state index is 12.1. The monoisotopic (exact) mass is 424 g/mol. The molecule has 3 N–H and O–H groups in total. The summed E-state index contributed by atoms with van der Waals surface area (Å²) in [7, 11) is 0. The van der Waals surface area contributed by atoms with Crippen molar-refractivity contribution in [2.24, 2.45) is 5.73 Å². The van der Waals surface area contributed by atoms with E-state index in [1.54, 1.807) is 19.9 Å². The van der Waals surface area contributed by atoms with Gasteiger partial charge in [0.1, 0.15) is 0 Å². The first-order valence-corrected chi connectivity index (χ1v) is 7.14. The largest absolute Gasteiger partial charge is 0.370 e. The Balaban J connectivity index is 2.88. The third-order valence-corrected chi connectivity index (χ3v) is 3.68. The Hall–Kier alpha value is -0.630. The maximum Gasteiger partial charge on any atom is 0.252 e. The Labute approximate surface area is 128 Å². The van der Waals surface area contributed by atoms with Gasteiger partial charge >= 0.3 is 0 Å². The summed E-state index contributed by atoms with van der Waals surface area (Å²) >= 11 is 5.42. The first-order valence-electron chi connectivity index (χ1n) is 5.27. The Morgan fingerprint density at radius 3 is 2.61 bits per heavy atom. The summed E-state index contributed by atoms with van der Waals surface area (Å²) in [5.41, 5.74) is 5.06. The van der Waals surface area contributed by atoms with Gasteiger partial charge in [0, 0.05) is 20.0 Å². The molecule has 0 spiro atoms. The van der Waals surface area contributed by atoms with Crippen LogP contribution in [0.2, 0.25) is 0 Å². The van der Waals surface area contributed by atoms with Crippen LogP contribution < -0.4 is 11.1 Å². The first-order chi connectivity index (χ1) is 8.21. The normalized spacial score (nSPS) is 11.1. The molecule has 6 heteroatoms. The molecule has 98 valence electrons. The van der Waals surface area contributed by atoms with Crippen LogP contribution in [0.3, 0.4) is 0 Å². The highest BCUT2D eigenvalue weighted by Crippen LogP contribution is 2.19. The van der Waals surface area contributed by atoms with Crippen molar-refractivity contribution >= 4 is 50.3 Å². The molecule has 1 aromatic carbocycles. The minimum absolute atomic E-state index is 0.101. The summed E-state index contributed by atoms with van der Waals surface area (Å²) in [6, 6.07) is 5.46. The van der Waals surface area contributed by atoms with Gasteiger partial charge in [-0.1, -0.05) is 15.9 Å². The highest BCUT2D eigenvalue weighted by atomic mass is 127. The second kappa shape index (κ2) is 6.01. The van der Waals surface area contributed by atoms with Crippen LogP contribution in [-0.4, -0.2) is 17.4 Å². The van der Waals surface area contributed by atoms with Gasteiger partial charge in [-0.2, -0.15) is 0 Å². The van der Waals surface area contributed by atoms with E-state index in [0.717, 1.165) is 8.04 Å². The molecule has 0 heterocycles. The SMILES string of the molecule is CC(C)(CC(N)=O)NC(=O)c1cc(Br)ccc1I. The summed E-state index contributed by atoms with van der Waals surface area (Å²) in [5, 5.41) is 2.81. The van der Waals surface area contributed by atoms with Gasteiger partial charge in [-0.25, -0.2) is 0 Å². The molecule has 1 aromatic rings. The van der Waals surface area contributed by atoms with Gasteiger partial charge in [-0.3, -0.25) is 9.59 Å². The molecule has 0 fully saturated rings. The lowest BCUT2D eigenvalue weighted by Gasteiger charge is -2.25. The highest BCUT2D eigenvalue weighted by molar-refractivity contribution is 14.1. The number of benzene rings is 1. The highest BCUT2D eigenvalue weighted by Gasteiger charge is 2.24. The van der Waals surface area contributed by atoms with Crippen molar-refractivity contribution in [1.82, 2.24) is 5.32 Å². The summed E-state index contributed by atoms with van der Waals surface area (Å²) < 4.78 is 1.68. The predicted octanol–water partition coefficient (Wildman–Crippen LogP) is 2.44. The van der Waals surface area contributed by atoms with Crippen LogP contribution in [0.4, 0.5) is 0 Å². The predicted molar refractivity (Wildman–Crippen MR) is 82.2 cm³/mol. The number of hydrogen-bond donors (Lipinski definition) is 2. The lowest BCUT2D eigenvalue weighted by atomic mass is 9.99. The smallest absolute Gasteiger partial charge is 0.252 e.